The van der Waals surface area contributed by atoms with Crippen molar-refractivity contribution in [2.24, 2.45) is 0 Å². The molecule has 6 heteroatoms. The maximum Gasteiger partial charge on any atom is 0.322 e. The summed E-state index contributed by atoms with van der Waals surface area (Å²) in [4.78, 5) is 23.2. The molecule has 0 saturated heterocycles. The van der Waals surface area contributed by atoms with E-state index in [-0.39, 0.29) is 24.2 Å². The summed E-state index contributed by atoms with van der Waals surface area (Å²) < 4.78 is 9.77. The quantitative estimate of drug-likeness (QED) is 0.713. The Balaban J connectivity index is 2.82. The summed E-state index contributed by atoms with van der Waals surface area (Å²) in [6.07, 6.45) is 1.53. The van der Waals surface area contributed by atoms with Crippen molar-refractivity contribution in [2.75, 3.05) is 14.2 Å². The number of aromatic nitrogens is 3. The number of hydrogen-bond donors (Lipinski definition) is 0. The highest BCUT2D eigenvalue weighted by Gasteiger charge is 2.10. The number of carbonyl (C=O) groups excluding carboxylic acids is 1. The van der Waals surface area contributed by atoms with Gasteiger partial charge in [0.15, 0.2) is 0 Å². The fraction of sp³-hybridized carbons (Fsp3) is 0.600. The minimum absolute atomic E-state index is 0.0952. The van der Waals surface area contributed by atoms with Crippen LogP contribution in [0.5, 0.6) is 12.0 Å². The third-order valence-corrected chi connectivity index (χ3v) is 1.89. The molecule has 0 fully saturated rings. The first-order chi connectivity index (χ1) is 7.69. The molecule has 6 nitrogen and oxygen atoms in total. The average molecular weight is 225 g/mol. The molecule has 0 bridgehead atoms. The molecule has 1 aromatic rings. The van der Waals surface area contributed by atoms with Crippen LogP contribution in [0.4, 0.5) is 0 Å². The number of hydrogen-bond acceptors (Lipinski definition) is 6. The third-order valence-electron chi connectivity index (χ3n) is 1.89. The minimum atomic E-state index is 0.0952. The van der Waals surface area contributed by atoms with E-state index in [1.165, 1.54) is 14.2 Å². The van der Waals surface area contributed by atoms with Crippen LogP contribution in [-0.4, -0.2) is 35.0 Å². The number of nitrogens with zero attached hydrogens (tertiary/aromatic N) is 3. The van der Waals surface area contributed by atoms with E-state index in [0.29, 0.717) is 12.2 Å². The van der Waals surface area contributed by atoms with Gasteiger partial charge < -0.3 is 9.47 Å². The normalized spacial score (nSPS) is 9.94. The fourth-order valence-corrected chi connectivity index (χ4v) is 1.18. The zero-order valence-electron chi connectivity index (χ0n) is 9.69. The summed E-state index contributed by atoms with van der Waals surface area (Å²) in [5, 5.41) is 0. The highest BCUT2D eigenvalue weighted by molar-refractivity contribution is 5.80. The molecule has 88 valence electrons. The van der Waals surface area contributed by atoms with E-state index in [9.17, 15) is 4.79 Å². The van der Waals surface area contributed by atoms with Crippen molar-refractivity contribution in [1.29, 1.82) is 0 Å². The molecule has 16 heavy (non-hydrogen) atoms. The fourth-order valence-electron chi connectivity index (χ4n) is 1.18. The molecule has 1 aromatic heterocycles. The molecular formula is C10H15N3O3. The van der Waals surface area contributed by atoms with Gasteiger partial charge >= 0.3 is 12.0 Å². The van der Waals surface area contributed by atoms with Crippen LogP contribution in [0, 0.1) is 0 Å². The SMILES string of the molecule is CCCC(=O)Cc1nc(OC)nc(OC)n1. The third kappa shape index (κ3) is 3.45. The van der Waals surface area contributed by atoms with E-state index >= 15 is 0 Å². The molecule has 0 amide bonds. The monoisotopic (exact) mass is 225 g/mol. The van der Waals surface area contributed by atoms with E-state index < -0.39 is 0 Å². The first-order valence-electron chi connectivity index (χ1n) is 5.04. The molecule has 0 aliphatic carbocycles. The van der Waals surface area contributed by atoms with Crippen molar-refractivity contribution in [3.63, 3.8) is 0 Å². The molecule has 0 N–H and O–H groups in total. The lowest BCUT2D eigenvalue weighted by Gasteiger charge is -2.04. The summed E-state index contributed by atoms with van der Waals surface area (Å²) in [5.41, 5.74) is 0. The average Bonchev–Trinajstić information content (AvgIpc) is 2.28. The highest BCUT2D eigenvalue weighted by atomic mass is 16.5. The van der Waals surface area contributed by atoms with Crippen LogP contribution < -0.4 is 9.47 Å². The highest BCUT2D eigenvalue weighted by Crippen LogP contribution is 2.09. The molecule has 0 spiro atoms. The second kappa shape index (κ2) is 5.99. The molecule has 0 saturated carbocycles. The lowest BCUT2D eigenvalue weighted by molar-refractivity contribution is -0.118. The van der Waals surface area contributed by atoms with E-state index in [4.69, 9.17) is 9.47 Å². The summed E-state index contributed by atoms with van der Waals surface area (Å²) in [6.45, 7) is 1.95. The maximum atomic E-state index is 11.4. The number of ketones is 1. The first-order valence-corrected chi connectivity index (χ1v) is 5.04. The summed E-state index contributed by atoms with van der Waals surface area (Å²) >= 11 is 0. The Morgan fingerprint density at radius 1 is 1.12 bits per heavy atom. The molecule has 0 radical (unpaired) electrons. The van der Waals surface area contributed by atoms with Crippen molar-refractivity contribution in [3.05, 3.63) is 5.82 Å². The summed E-state index contributed by atoms with van der Waals surface area (Å²) in [6, 6.07) is 0.317. The van der Waals surface area contributed by atoms with E-state index in [1.54, 1.807) is 0 Å². The van der Waals surface area contributed by atoms with Gasteiger partial charge in [-0.25, -0.2) is 0 Å². The lowest BCUT2D eigenvalue weighted by atomic mass is 10.2. The van der Waals surface area contributed by atoms with Crippen molar-refractivity contribution in [2.45, 2.75) is 26.2 Å². The van der Waals surface area contributed by atoms with Crippen LogP contribution in [0.3, 0.4) is 0 Å². The van der Waals surface area contributed by atoms with E-state index in [1.807, 2.05) is 6.92 Å². The van der Waals surface area contributed by atoms with Gasteiger partial charge in [0.1, 0.15) is 11.6 Å². The molecule has 0 aromatic carbocycles. The maximum absolute atomic E-state index is 11.4. The van der Waals surface area contributed by atoms with Crippen LogP contribution in [0.1, 0.15) is 25.6 Å². The zero-order chi connectivity index (χ0) is 12.0. The number of Topliss-reactive ketones (excluding diaryl/α,β-unsaturated/α-hetero) is 1. The standard InChI is InChI=1S/C10H15N3O3/c1-4-5-7(14)6-8-11-9(15-2)13-10(12-8)16-3/h4-6H2,1-3H3. The smallest absolute Gasteiger partial charge is 0.322 e. The molecule has 0 aliphatic heterocycles. The lowest BCUT2D eigenvalue weighted by Crippen LogP contribution is -2.09. The topological polar surface area (TPSA) is 74.2 Å². The number of carbonyl (C=O) groups is 1. The molecule has 0 atom stereocenters. The molecule has 1 heterocycles. The van der Waals surface area contributed by atoms with Gasteiger partial charge in [0, 0.05) is 6.42 Å². The van der Waals surface area contributed by atoms with Crippen molar-refractivity contribution < 1.29 is 14.3 Å². The van der Waals surface area contributed by atoms with E-state index in [2.05, 4.69) is 15.0 Å². The molecule has 0 unspecified atom stereocenters. The van der Waals surface area contributed by atoms with Gasteiger partial charge in [-0.2, -0.15) is 9.97 Å². The molecule has 0 aliphatic rings. The van der Waals surface area contributed by atoms with Crippen LogP contribution in [-0.2, 0) is 11.2 Å². The second-order valence-electron chi connectivity index (χ2n) is 3.19. The van der Waals surface area contributed by atoms with E-state index in [0.717, 1.165) is 6.42 Å². The molecule has 1 rings (SSSR count). The number of rotatable bonds is 6. The largest absolute Gasteiger partial charge is 0.467 e. The summed E-state index contributed by atoms with van der Waals surface area (Å²) in [5.74, 6) is 0.472. The molecular weight excluding hydrogens is 210 g/mol. The van der Waals surface area contributed by atoms with Crippen LogP contribution in [0.2, 0.25) is 0 Å². The second-order valence-corrected chi connectivity index (χ2v) is 3.19. The number of ether oxygens (including phenoxy) is 2. The Morgan fingerprint density at radius 3 is 2.12 bits per heavy atom. The Kier molecular flexibility index (Phi) is 4.63. The Labute approximate surface area is 94.0 Å². The van der Waals surface area contributed by atoms with Gasteiger partial charge in [-0.05, 0) is 6.42 Å². The zero-order valence-corrected chi connectivity index (χ0v) is 9.69. The Morgan fingerprint density at radius 2 is 1.69 bits per heavy atom. The predicted molar refractivity (Wildman–Crippen MR) is 56.6 cm³/mol. The van der Waals surface area contributed by atoms with Gasteiger partial charge in [-0.15, -0.1) is 4.98 Å². The van der Waals surface area contributed by atoms with Crippen LogP contribution in [0.25, 0.3) is 0 Å². The first kappa shape index (κ1) is 12.4. The Bertz CT molecular complexity index is 346. The number of methoxy groups -OCH3 is 2. The van der Waals surface area contributed by atoms with Gasteiger partial charge in [0.05, 0.1) is 20.6 Å². The Hall–Kier alpha value is -1.72. The van der Waals surface area contributed by atoms with Crippen molar-refractivity contribution in [1.82, 2.24) is 15.0 Å². The van der Waals surface area contributed by atoms with Crippen molar-refractivity contribution >= 4 is 5.78 Å². The van der Waals surface area contributed by atoms with Crippen LogP contribution >= 0.6 is 0 Å². The van der Waals surface area contributed by atoms with Crippen molar-refractivity contribution in [3.8, 4) is 12.0 Å². The van der Waals surface area contributed by atoms with Gasteiger partial charge in [0.2, 0.25) is 0 Å². The summed E-state index contributed by atoms with van der Waals surface area (Å²) in [7, 11) is 2.90. The predicted octanol–water partition coefficient (Wildman–Crippen LogP) is 0.800. The van der Waals surface area contributed by atoms with Gasteiger partial charge in [-0.3, -0.25) is 4.79 Å². The van der Waals surface area contributed by atoms with Gasteiger partial charge in [-0.1, -0.05) is 6.92 Å². The minimum Gasteiger partial charge on any atom is -0.467 e. The van der Waals surface area contributed by atoms with Gasteiger partial charge in [0.25, 0.3) is 0 Å². The van der Waals surface area contributed by atoms with Crippen LogP contribution in [0.15, 0.2) is 0 Å².